The molecule has 0 saturated heterocycles. The van der Waals surface area contributed by atoms with E-state index in [1.807, 2.05) is 0 Å². The summed E-state index contributed by atoms with van der Waals surface area (Å²) in [7, 11) is 1.47. The number of rotatable bonds is 1. The topological polar surface area (TPSA) is 35.5 Å². The summed E-state index contributed by atoms with van der Waals surface area (Å²) in [6.45, 7) is 1.65. The highest BCUT2D eigenvalue weighted by Gasteiger charge is 2.45. The van der Waals surface area contributed by atoms with E-state index >= 15 is 0 Å². The lowest BCUT2D eigenvalue weighted by Crippen LogP contribution is -2.50. The normalized spacial score (nSPS) is 29.5. The molecule has 0 saturated carbocycles. The van der Waals surface area contributed by atoms with Crippen LogP contribution in [-0.4, -0.2) is 24.1 Å². The van der Waals surface area contributed by atoms with Crippen molar-refractivity contribution in [3.63, 3.8) is 0 Å². The first-order chi connectivity index (χ1) is 7.08. The van der Waals surface area contributed by atoms with Crippen LogP contribution in [0.3, 0.4) is 0 Å². The molecule has 0 N–H and O–H groups in total. The van der Waals surface area contributed by atoms with Gasteiger partial charge in [-0.15, -0.1) is 11.6 Å². The van der Waals surface area contributed by atoms with Gasteiger partial charge >= 0.3 is 0 Å². The van der Waals surface area contributed by atoms with Gasteiger partial charge in [-0.05, 0) is 12.1 Å². The standard InChI is InChI=1S/C11H11ClO3/c1-11(14-2)10(12)9(13)7-5-3-4-6-8(7)15-11/h3-6,10H,1-2H3/t10?,11-/m0/s1. The maximum atomic E-state index is 11.9. The fourth-order valence-corrected chi connectivity index (χ4v) is 1.80. The van der Waals surface area contributed by atoms with Crippen LogP contribution in [0.25, 0.3) is 0 Å². The van der Waals surface area contributed by atoms with E-state index in [0.717, 1.165) is 0 Å². The summed E-state index contributed by atoms with van der Waals surface area (Å²) in [6.07, 6.45) is 0. The Morgan fingerprint density at radius 1 is 1.47 bits per heavy atom. The molecule has 1 aliphatic rings. The zero-order chi connectivity index (χ0) is 11.1. The summed E-state index contributed by atoms with van der Waals surface area (Å²) in [5, 5.41) is -0.822. The van der Waals surface area contributed by atoms with Gasteiger partial charge in [-0.25, -0.2) is 0 Å². The highest BCUT2D eigenvalue weighted by Crippen LogP contribution is 2.36. The fraction of sp³-hybridized carbons (Fsp3) is 0.364. The second-order valence-corrected chi connectivity index (χ2v) is 3.98. The van der Waals surface area contributed by atoms with Crippen LogP contribution < -0.4 is 4.74 Å². The van der Waals surface area contributed by atoms with E-state index in [9.17, 15) is 4.79 Å². The van der Waals surface area contributed by atoms with Crippen molar-refractivity contribution in [2.24, 2.45) is 0 Å². The molecule has 1 heterocycles. The summed E-state index contributed by atoms with van der Waals surface area (Å²) >= 11 is 6.00. The molecule has 1 aromatic carbocycles. The molecule has 0 spiro atoms. The Balaban J connectivity index is 2.50. The van der Waals surface area contributed by atoms with Crippen LogP contribution in [0, 0.1) is 0 Å². The molecule has 0 bridgehead atoms. The number of Topliss-reactive ketones (excluding diaryl/α,β-unsaturated/α-hetero) is 1. The van der Waals surface area contributed by atoms with Gasteiger partial charge in [0, 0.05) is 14.0 Å². The molecular weight excluding hydrogens is 216 g/mol. The lowest BCUT2D eigenvalue weighted by atomic mass is 9.99. The van der Waals surface area contributed by atoms with Crippen molar-refractivity contribution in [1.29, 1.82) is 0 Å². The number of ketones is 1. The summed E-state index contributed by atoms with van der Waals surface area (Å²) in [4.78, 5) is 11.9. The molecule has 15 heavy (non-hydrogen) atoms. The summed E-state index contributed by atoms with van der Waals surface area (Å²) in [5.74, 6) is -0.737. The maximum absolute atomic E-state index is 11.9. The first kappa shape index (κ1) is 10.5. The summed E-state index contributed by atoms with van der Waals surface area (Å²) in [6, 6.07) is 7.01. The Labute approximate surface area is 92.9 Å². The van der Waals surface area contributed by atoms with Crippen molar-refractivity contribution in [1.82, 2.24) is 0 Å². The van der Waals surface area contributed by atoms with E-state index in [1.165, 1.54) is 7.11 Å². The average Bonchev–Trinajstić information content (AvgIpc) is 2.26. The number of hydrogen-bond acceptors (Lipinski definition) is 3. The molecule has 1 aliphatic heterocycles. The first-order valence-electron chi connectivity index (χ1n) is 4.60. The van der Waals surface area contributed by atoms with Crippen LogP contribution in [0.5, 0.6) is 5.75 Å². The molecule has 0 fully saturated rings. The minimum Gasteiger partial charge on any atom is -0.460 e. The number of fused-ring (bicyclic) bond motifs is 1. The molecule has 0 aliphatic carbocycles. The SMILES string of the molecule is CO[C@@]1(C)Oc2ccccc2C(=O)C1Cl. The van der Waals surface area contributed by atoms with E-state index in [4.69, 9.17) is 21.1 Å². The predicted octanol–water partition coefficient (Wildman–Crippen LogP) is 2.23. The molecule has 2 rings (SSSR count). The predicted molar refractivity (Wildman–Crippen MR) is 56.5 cm³/mol. The number of carbonyl (C=O) groups excluding carboxylic acids is 1. The number of halogens is 1. The van der Waals surface area contributed by atoms with Gasteiger partial charge in [0.2, 0.25) is 5.79 Å². The molecule has 0 radical (unpaired) electrons. The largest absolute Gasteiger partial charge is 0.460 e. The number of methoxy groups -OCH3 is 1. The van der Waals surface area contributed by atoms with E-state index < -0.39 is 11.2 Å². The van der Waals surface area contributed by atoms with Crippen molar-refractivity contribution < 1.29 is 14.3 Å². The number of alkyl halides is 1. The highest BCUT2D eigenvalue weighted by molar-refractivity contribution is 6.35. The van der Waals surface area contributed by atoms with Crippen molar-refractivity contribution in [2.75, 3.05) is 7.11 Å². The smallest absolute Gasteiger partial charge is 0.231 e. The number of para-hydroxylation sites is 1. The van der Waals surface area contributed by atoms with Crippen molar-refractivity contribution in [3.8, 4) is 5.75 Å². The zero-order valence-electron chi connectivity index (χ0n) is 8.49. The number of ether oxygens (including phenoxy) is 2. The minimum absolute atomic E-state index is 0.164. The zero-order valence-corrected chi connectivity index (χ0v) is 9.25. The van der Waals surface area contributed by atoms with Crippen molar-refractivity contribution in [2.45, 2.75) is 18.1 Å². The van der Waals surface area contributed by atoms with E-state index in [2.05, 4.69) is 0 Å². The number of carbonyl (C=O) groups is 1. The summed E-state index contributed by atoms with van der Waals surface area (Å²) < 4.78 is 10.7. The van der Waals surface area contributed by atoms with Crippen LogP contribution in [0.15, 0.2) is 24.3 Å². The summed E-state index contributed by atoms with van der Waals surface area (Å²) in [5.41, 5.74) is 0.507. The Morgan fingerprint density at radius 2 is 2.13 bits per heavy atom. The molecule has 2 atom stereocenters. The Hall–Kier alpha value is -1.06. The third-order valence-corrected chi connectivity index (χ3v) is 3.16. The Morgan fingerprint density at radius 3 is 2.80 bits per heavy atom. The van der Waals surface area contributed by atoms with E-state index in [1.54, 1.807) is 31.2 Å². The van der Waals surface area contributed by atoms with Crippen LogP contribution in [-0.2, 0) is 4.74 Å². The molecular formula is C11H11ClO3. The molecule has 3 nitrogen and oxygen atoms in total. The lowest BCUT2D eigenvalue weighted by molar-refractivity contribution is -0.147. The number of benzene rings is 1. The van der Waals surface area contributed by atoms with Gasteiger partial charge in [0.1, 0.15) is 5.75 Å². The molecule has 80 valence electrons. The Kier molecular flexibility index (Phi) is 2.44. The van der Waals surface area contributed by atoms with Crippen molar-refractivity contribution in [3.05, 3.63) is 29.8 Å². The van der Waals surface area contributed by atoms with E-state index in [-0.39, 0.29) is 5.78 Å². The van der Waals surface area contributed by atoms with Gasteiger partial charge in [-0.1, -0.05) is 12.1 Å². The quantitative estimate of drug-likeness (QED) is 0.689. The van der Waals surface area contributed by atoms with Crippen LogP contribution in [0.4, 0.5) is 0 Å². The highest BCUT2D eigenvalue weighted by atomic mass is 35.5. The molecule has 1 unspecified atom stereocenters. The monoisotopic (exact) mass is 226 g/mol. The van der Waals surface area contributed by atoms with Gasteiger partial charge in [-0.2, -0.15) is 0 Å². The van der Waals surface area contributed by atoms with Crippen molar-refractivity contribution >= 4 is 17.4 Å². The second-order valence-electron chi connectivity index (χ2n) is 3.55. The van der Waals surface area contributed by atoms with Gasteiger partial charge in [0.05, 0.1) is 5.56 Å². The van der Waals surface area contributed by atoms with Gasteiger partial charge in [0.15, 0.2) is 11.2 Å². The number of hydrogen-bond donors (Lipinski definition) is 0. The maximum Gasteiger partial charge on any atom is 0.231 e. The molecule has 4 heteroatoms. The third kappa shape index (κ3) is 1.52. The second kappa shape index (κ2) is 3.51. The molecule has 0 aromatic heterocycles. The first-order valence-corrected chi connectivity index (χ1v) is 5.03. The van der Waals surface area contributed by atoms with E-state index in [0.29, 0.717) is 11.3 Å². The van der Waals surface area contributed by atoms with Crippen LogP contribution in [0.1, 0.15) is 17.3 Å². The van der Waals surface area contributed by atoms with Gasteiger partial charge < -0.3 is 9.47 Å². The van der Waals surface area contributed by atoms with Crippen LogP contribution >= 0.6 is 11.6 Å². The third-order valence-electron chi connectivity index (χ3n) is 2.56. The van der Waals surface area contributed by atoms with Crippen LogP contribution in [0.2, 0.25) is 0 Å². The van der Waals surface area contributed by atoms with Gasteiger partial charge in [0.25, 0.3) is 0 Å². The lowest BCUT2D eigenvalue weighted by Gasteiger charge is -2.36. The Bertz CT molecular complexity index is 405. The fourth-order valence-electron chi connectivity index (χ4n) is 1.55. The van der Waals surface area contributed by atoms with Gasteiger partial charge in [-0.3, -0.25) is 4.79 Å². The average molecular weight is 227 g/mol. The molecule has 0 amide bonds. The molecule has 1 aromatic rings. The minimum atomic E-state index is -1.09.